The van der Waals surface area contributed by atoms with Crippen LogP contribution >= 0.6 is 0 Å². The minimum Gasteiger partial charge on any atom is -0.507 e. The summed E-state index contributed by atoms with van der Waals surface area (Å²) in [6, 6.07) is 13.7. The summed E-state index contributed by atoms with van der Waals surface area (Å²) in [6.07, 6.45) is 0.578. The van der Waals surface area contributed by atoms with E-state index in [4.69, 9.17) is 9.47 Å². The first kappa shape index (κ1) is 22.4. The van der Waals surface area contributed by atoms with E-state index in [1.165, 1.54) is 12.0 Å². The third kappa shape index (κ3) is 4.56. The molecule has 0 saturated carbocycles. The van der Waals surface area contributed by atoms with Crippen molar-refractivity contribution in [2.75, 3.05) is 46.4 Å². The van der Waals surface area contributed by atoms with E-state index in [1.807, 2.05) is 43.3 Å². The number of nitrogens with zero attached hydrogens (tertiary/aromatic N) is 2. The van der Waals surface area contributed by atoms with Crippen molar-refractivity contribution in [1.82, 2.24) is 4.90 Å². The number of aliphatic hydroxyl groups is 1. The Hall–Kier alpha value is -3.32. The summed E-state index contributed by atoms with van der Waals surface area (Å²) in [5, 5.41) is 11.1. The van der Waals surface area contributed by atoms with E-state index in [9.17, 15) is 14.7 Å². The molecule has 1 N–H and O–H groups in total. The normalized spacial score (nSPS) is 17.8. The summed E-state index contributed by atoms with van der Waals surface area (Å²) in [4.78, 5) is 29.4. The van der Waals surface area contributed by atoms with Crippen molar-refractivity contribution >= 4 is 23.1 Å². The molecule has 1 amide bonds. The van der Waals surface area contributed by atoms with Crippen molar-refractivity contribution in [2.24, 2.45) is 0 Å². The average Bonchev–Trinajstić information content (AvgIpc) is 3.03. The number of ether oxygens (including phenoxy) is 2. The van der Waals surface area contributed by atoms with Gasteiger partial charge in [-0.1, -0.05) is 24.3 Å². The van der Waals surface area contributed by atoms with Crippen LogP contribution < -0.4 is 9.64 Å². The zero-order chi connectivity index (χ0) is 22.5. The first-order valence-corrected chi connectivity index (χ1v) is 10.1. The van der Waals surface area contributed by atoms with Crippen LogP contribution in [0.4, 0.5) is 5.69 Å². The number of benzene rings is 2. The van der Waals surface area contributed by atoms with E-state index in [-0.39, 0.29) is 11.3 Å². The van der Waals surface area contributed by atoms with Crippen molar-refractivity contribution in [3.05, 3.63) is 65.2 Å². The Morgan fingerprint density at radius 1 is 1.10 bits per heavy atom. The van der Waals surface area contributed by atoms with Crippen molar-refractivity contribution in [2.45, 2.75) is 12.5 Å². The molecular formula is C24H28N2O5. The summed E-state index contributed by atoms with van der Waals surface area (Å²) >= 11 is 0. The second kappa shape index (κ2) is 9.66. The van der Waals surface area contributed by atoms with E-state index in [0.717, 1.165) is 11.3 Å². The van der Waals surface area contributed by atoms with E-state index in [0.29, 0.717) is 30.9 Å². The Morgan fingerprint density at radius 3 is 2.42 bits per heavy atom. The molecule has 31 heavy (non-hydrogen) atoms. The lowest BCUT2D eigenvalue weighted by molar-refractivity contribution is -0.140. The van der Waals surface area contributed by atoms with Gasteiger partial charge in [0, 0.05) is 45.6 Å². The van der Waals surface area contributed by atoms with Crippen LogP contribution in [-0.4, -0.2) is 63.2 Å². The van der Waals surface area contributed by atoms with Gasteiger partial charge in [0.05, 0.1) is 18.7 Å². The lowest BCUT2D eigenvalue weighted by atomic mass is 9.95. The molecule has 0 radical (unpaired) electrons. The lowest BCUT2D eigenvalue weighted by Gasteiger charge is -2.26. The van der Waals surface area contributed by atoms with Gasteiger partial charge in [-0.25, -0.2) is 0 Å². The van der Waals surface area contributed by atoms with Crippen LogP contribution in [0, 0.1) is 0 Å². The molecule has 2 aromatic carbocycles. The number of methoxy groups -OCH3 is 2. The van der Waals surface area contributed by atoms with Crippen molar-refractivity contribution in [3.8, 4) is 5.75 Å². The zero-order valence-electron chi connectivity index (χ0n) is 18.3. The quantitative estimate of drug-likeness (QED) is 0.303. The van der Waals surface area contributed by atoms with Gasteiger partial charge in [0.1, 0.15) is 11.5 Å². The van der Waals surface area contributed by atoms with Gasteiger partial charge in [-0.2, -0.15) is 0 Å². The summed E-state index contributed by atoms with van der Waals surface area (Å²) in [6.45, 7) is 0.804. The number of carbonyl (C=O) groups excluding carboxylic acids is 2. The first-order valence-electron chi connectivity index (χ1n) is 10.1. The molecule has 0 aliphatic carbocycles. The molecule has 1 fully saturated rings. The molecule has 1 aliphatic rings. The highest BCUT2D eigenvalue weighted by Gasteiger charge is 2.45. The fraction of sp³-hybridized carbons (Fsp3) is 0.333. The molecule has 1 aliphatic heterocycles. The van der Waals surface area contributed by atoms with E-state index >= 15 is 0 Å². The monoisotopic (exact) mass is 424 g/mol. The number of carbonyl (C=O) groups is 2. The predicted molar refractivity (Wildman–Crippen MR) is 119 cm³/mol. The molecule has 1 unspecified atom stereocenters. The smallest absolute Gasteiger partial charge is 0.295 e. The highest BCUT2D eigenvalue weighted by molar-refractivity contribution is 6.46. The number of aliphatic hydroxyl groups excluding tert-OH is 1. The van der Waals surface area contributed by atoms with Crippen LogP contribution in [0.2, 0.25) is 0 Å². The third-order valence-corrected chi connectivity index (χ3v) is 5.36. The summed E-state index contributed by atoms with van der Waals surface area (Å²) in [5.74, 6) is -0.986. The number of ketones is 1. The molecule has 0 bridgehead atoms. The second-order valence-corrected chi connectivity index (χ2v) is 7.56. The first-order chi connectivity index (χ1) is 14.9. The minimum absolute atomic E-state index is 0.0771. The summed E-state index contributed by atoms with van der Waals surface area (Å²) < 4.78 is 10.3. The molecule has 0 spiro atoms. The van der Waals surface area contributed by atoms with Gasteiger partial charge in [0.25, 0.3) is 11.7 Å². The van der Waals surface area contributed by atoms with Gasteiger partial charge in [-0.15, -0.1) is 0 Å². The largest absolute Gasteiger partial charge is 0.507 e. The van der Waals surface area contributed by atoms with Crippen LogP contribution in [0.5, 0.6) is 5.75 Å². The van der Waals surface area contributed by atoms with Gasteiger partial charge >= 0.3 is 0 Å². The number of amides is 1. The molecule has 1 saturated heterocycles. The van der Waals surface area contributed by atoms with Crippen molar-refractivity contribution in [1.29, 1.82) is 0 Å². The highest BCUT2D eigenvalue weighted by Crippen LogP contribution is 2.40. The maximum Gasteiger partial charge on any atom is 0.295 e. The molecule has 7 nitrogen and oxygen atoms in total. The van der Waals surface area contributed by atoms with Gasteiger partial charge in [-0.3, -0.25) is 9.59 Å². The van der Waals surface area contributed by atoms with Crippen LogP contribution in [0.3, 0.4) is 0 Å². The summed E-state index contributed by atoms with van der Waals surface area (Å²) in [5.41, 5.74) is 2.25. The van der Waals surface area contributed by atoms with Crippen LogP contribution in [0.15, 0.2) is 54.1 Å². The topological polar surface area (TPSA) is 79.3 Å². The minimum atomic E-state index is -0.695. The Morgan fingerprint density at radius 2 is 1.81 bits per heavy atom. The standard InChI is InChI=1S/C24H28N2O5/c1-25(2)18-11-9-16(10-12-18)21-20(22(27)17-7-5-8-19(15-17)31-4)23(28)24(29)26(21)13-6-14-30-3/h5,7-12,15,21,27H,6,13-14H2,1-4H3/b22-20+. The molecular weight excluding hydrogens is 396 g/mol. The third-order valence-electron chi connectivity index (χ3n) is 5.36. The van der Waals surface area contributed by atoms with Gasteiger partial charge in [0.2, 0.25) is 0 Å². The SMILES string of the molecule is COCCCN1C(=O)C(=O)/C(=C(/O)c2cccc(OC)c2)C1c1ccc(N(C)C)cc1. The highest BCUT2D eigenvalue weighted by atomic mass is 16.5. The number of likely N-dealkylation sites (tertiary alicyclic amines) is 1. The Balaban J connectivity index is 2.11. The van der Waals surface area contributed by atoms with Crippen LogP contribution in [0.1, 0.15) is 23.6 Å². The molecule has 2 aromatic rings. The number of anilines is 1. The molecule has 164 valence electrons. The van der Waals surface area contributed by atoms with E-state index < -0.39 is 17.7 Å². The Labute approximate surface area is 182 Å². The van der Waals surface area contributed by atoms with Crippen LogP contribution in [-0.2, 0) is 14.3 Å². The lowest BCUT2D eigenvalue weighted by Crippen LogP contribution is -2.31. The van der Waals surface area contributed by atoms with E-state index in [1.54, 1.807) is 31.4 Å². The van der Waals surface area contributed by atoms with Crippen molar-refractivity contribution in [3.63, 3.8) is 0 Å². The second-order valence-electron chi connectivity index (χ2n) is 7.56. The number of hydrogen-bond donors (Lipinski definition) is 1. The molecule has 1 atom stereocenters. The zero-order valence-corrected chi connectivity index (χ0v) is 18.3. The molecule has 7 heteroatoms. The van der Waals surface area contributed by atoms with Gasteiger partial charge < -0.3 is 24.4 Å². The number of hydrogen-bond acceptors (Lipinski definition) is 6. The summed E-state index contributed by atoms with van der Waals surface area (Å²) in [7, 11) is 7.00. The molecule has 0 aromatic heterocycles. The van der Waals surface area contributed by atoms with Gasteiger partial charge in [-0.05, 0) is 36.2 Å². The maximum absolute atomic E-state index is 13.0. The maximum atomic E-state index is 13.0. The Kier molecular flexibility index (Phi) is 6.97. The van der Waals surface area contributed by atoms with Crippen molar-refractivity contribution < 1.29 is 24.2 Å². The Bertz CT molecular complexity index is 982. The number of Topliss-reactive ketones (excluding diaryl/α,β-unsaturated/α-hetero) is 1. The molecule has 3 rings (SSSR count). The predicted octanol–water partition coefficient (Wildman–Crippen LogP) is 3.22. The van der Waals surface area contributed by atoms with Gasteiger partial charge in [0.15, 0.2) is 0 Å². The fourth-order valence-corrected chi connectivity index (χ4v) is 3.72. The molecule has 1 heterocycles. The van der Waals surface area contributed by atoms with Crippen LogP contribution in [0.25, 0.3) is 5.76 Å². The number of rotatable bonds is 8. The fourth-order valence-electron chi connectivity index (χ4n) is 3.72. The average molecular weight is 424 g/mol. The van der Waals surface area contributed by atoms with E-state index in [2.05, 4.69) is 0 Å².